The number of pyridine rings is 4. The molecule has 6 aromatic rings. The van der Waals surface area contributed by atoms with E-state index in [0.717, 1.165) is 33.2 Å². The van der Waals surface area contributed by atoms with Crippen LogP contribution in [0.2, 0.25) is 0 Å². The van der Waals surface area contributed by atoms with Crippen molar-refractivity contribution in [3.8, 4) is 22.5 Å². The highest BCUT2D eigenvalue weighted by molar-refractivity contribution is 5.80. The maximum Gasteiger partial charge on any atom is 0.211 e. The molecule has 0 saturated heterocycles. The lowest BCUT2D eigenvalue weighted by Crippen LogP contribution is -2.29. The molecule has 32 heavy (non-hydrogen) atoms. The van der Waals surface area contributed by atoms with Crippen LogP contribution in [-0.4, -0.2) is 9.97 Å². The first kappa shape index (κ1) is 18.3. The highest BCUT2D eigenvalue weighted by Crippen LogP contribution is 2.19. The molecule has 0 spiro atoms. The summed E-state index contributed by atoms with van der Waals surface area (Å²) in [5.74, 6) is 0. The summed E-state index contributed by atoms with van der Waals surface area (Å²) in [5, 5.41) is 2.28. The molecule has 150 valence electrons. The third-order valence-corrected chi connectivity index (χ3v) is 5.76. The van der Waals surface area contributed by atoms with E-state index >= 15 is 0 Å². The fourth-order valence-corrected chi connectivity index (χ4v) is 4.03. The highest BCUT2D eigenvalue weighted by atomic mass is 14.9. The van der Waals surface area contributed by atoms with E-state index in [1.54, 1.807) is 0 Å². The third kappa shape index (κ3) is 3.38. The molecule has 0 fully saturated rings. The highest BCUT2D eigenvalue weighted by Gasteiger charge is 2.11. The molecule has 4 heteroatoms. The molecule has 2 aromatic carbocycles. The number of aromatic nitrogens is 4. The predicted octanol–water partition coefficient (Wildman–Crippen LogP) is 5.00. The van der Waals surface area contributed by atoms with Crippen LogP contribution in [0, 0.1) is 0 Å². The Balaban J connectivity index is 1.27. The summed E-state index contributed by atoms with van der Waals surface area (Å²) in [6, 6.07) is 29.3. The molecule has 0 aliphatic rings. The van der Waals surface area contributed by atoms with Crippen molar-refractivity contribution in [1.82, 2.24) is 9.97 Å². The molecule has 0 radical (unpaired) electrons. The Kier molecular flexibility index (Phi) is 4.40. The van der Waals surface area contributed by atoms with Crippen molar-refractivity contribution in [3.63, 3.8) is 0 Å². The number of hydrogen-bond acceptors (Lipinski definition) is 2. The Labute approximate surface area is 185 Å². The molecule has 0 amide bonds. The molecule has 4 aromatic heterocycles. The van der Waals surface area contributed by atoms with Crippen molar-refractivity contribution < 1.29 is 9.13 Å². The van der Waals surface area contributed by atoms with E-state index in [2.05, 4.69) is 117 Å². The minimum Gasteiger partial charge on any atom is -0.256 e. The van der Waals surface area contributed by atoms with Crippen molar-refractivity contribution in [2.24, 2.45) is 0 Å². The molecule has 0 atom stereocenters. The zero-order valence-electron chi connectivity index (χ0n) is 17.3. The molecular weight excluding hydrogens is 392 g/mol. The quantitative estimate of drug-likeness (QED) is 0.383. The number of benzene rings is 2. The van der Waals surface area contributed by atoms with Gasteiger partial charge in [-0.25, -0.2) is 0 Å². The average Bonchev–Trinajstić information content (AvgIpc) is 2.88. The lowest BCUT2D eigenvalue weighted by atomic mass is 10.1. The predicted molar refractivity (Wildman–Crippen MR) is 126 cm³/mol. The second-order valence-corrected chi connectivity index (χ2v) is 7.75. The van der Waals surface area contributed by atoms with Gasteiger partial charge in [0.25, 0.3) is 0 Å². The third-order valence-electron chi connectivity index (χ3n) is 5.76. The zero-order chi connectivity index (χ0) is 21.3. The fraction of sp³-hybridized carbons (Fsp3) is 0. The van der Waals surface area contributed by atoms with Gasteiger partial charge in [-0.2, -0.15) is 9.13 Å². The molecule has 4 heterocycles. The van der Waals surface area contributed by atoms with E-state index in [1.807, 2.05) is 24.5 Å². The van der Waals surface area contributed by atoms with Crippen LogP contribution in [-0.2, 0) is 0 Å². The van der Waals surface area contributed by atoms with E-state index in [1.165, 1.54) is 11.1 Å². The first-order chi connectivity index (χ1) is 15.8. The van der Waals surface area contributed by atoms with Gasteiger partial charge >= 0.3 is 0 Å². The van der Waals surface area contributed by atoms with Crippen molar-refractivity contribution in [3.05, 3.63) is 122 Å². The van der Waals surface area contributed by atoms with Crippen LogP contribution in [0.1, 0.15) is 0 Å². The maximum absolute atomic E-state index is 4.40. The minimum absolute atomic E-state index is 1.01. The van der Waals surface area contributed by atoms with Gasteiger partial charge in [0, 0.05) is 71.7 Å². The van der Waals surface area contributed by atoms with E-state index in [-0.39, 0.29) is 0 Å². The topological polar surface area (TPSA) is 33.5 Å². The molecule has 4 nitrogen and oxygen atoms in total. The first-order valence-corrected chi connectivity index (χ1v) is 10.6. The second kappa shape index (κ2) is 7.67. The van der Waals surface area contributed by atoms with Crippen LogP contribution in [0.5, 0.6) is 0 Å². The van der Waals surface area contributed by atoms with Gasteiger partial charge in [-0.15, -0.1) is 0 Å². The Morgan fingerprint density at radius 2 is 0.906 bits per heavy atom. The summed E-state index contributed by atoms with van der Waals surface area (Å²) >= 11 is 0. The smallest absolute Gasteiger partial charge is 0.211 e. The lowest BCUT2D eigenvalue weighted by molar-refractivity contribution is -0.596. The van der Waals surface area contributed by atoms with Gasteiger partial charge in [0.2, 0.25) is 11.4 Å². The molecule has 0 N–H and O–H groups in total. The van der Waals surface area contributed by atoms with Crippen molar-refractivity contribution in [2.75, 3.05) is 0 Å². The molecule has 0 bridgehead atoms. The second-order valence-electron chi connectivity index (χ2n) is 7.75. The number of fused-ring (bicyclic) bond motifs is 2. The van der Waals surface area contributed by atoms with Gasteiger partial charge in [0.05, 0.1) is 11.0 Å². The molecule has 0 aliphatic carbocycles. The van der Waals surface area contributed by atoms with Crippen LogP contribution in [0.4, 0.5) is 0 Å². The Bertz CT molecular complexity index is 1430. The number of nitrogens with zero attached hydrogens (tertiary/aromatic N) is 4. The maximum atomic E-state index is 4.40. The SMILES string of the molecule is c1cnc2ccc(-[n+]3ccc(-c4cc[n+](-c5ccc6ncccc6c5)cc4)cc3)cc2c1. The van der Waals surface area contributed by atoms with Gasteiger partial charge in [-0.05, 0) is 35.4 Å². The summed E-state index contributed by atoms with van der Waals surface area (Å²) < 4.78 is 4.25. The minimum atomic E-state index is 1.01. The summed E-state index contributed by atoms with van der Waals surface area (Å²) in [6.45, 7) is 0. The fourth-order valence-electron chi connectivity index (χ4n) is 4.03. The summed E-state index contributed by atoms with van der Waals surface area (Å²) in [7, 11) is 0. The van der Waals surface area contributed by atoms with Gasteiger partial charge < -0.3 is 0 Å². The van der Waals surface area contributed by atoms with E-state index in [4.69, 9.17) is 0 Å². The van der Waals surface area contributed by atoms with Crippen LogP contribution < -0.4 is 9.13 Å². The summed E-state index contributed by atoms with van der Waals surface area (Å²) in [4.78, 5) is 8.80. The largest absolute Gasteiger partial charge is 0.256 e. The number of hydrogen-bond donors (Lipinski definition) is 0. The van der Waals surface area contributed by atoms with Crippen molar-refractivity contribution in [2.45, 2.75) is 0 Å². The monoisotopic (exact) mass is 412 g/mol. The standard InChI is InChI=1S/C28H20N4/c1-3-23-19-25(5-7-27(23)29-13-1)31-15-9-21(10-16-31)22-11-17-32(18-12-22)26-6-8-28-24(20-26)4-2-14-30-28/h1-20H/q+2. The van der Waals surface area contributed by atoms with Crippen molar-refractivity contribution in [1.29, 1.82) is 0 Å². The van der Waals surface area contributed by atoms with Gasteiger partial charge in [0.1, 0.15) is 0 Å². The molecule has 0 saturated carbocycles. The molecule has 0 unspecified atom stereocenters. The Morgan fingerprint density at radius 1 is 0.469 bits per heavy atom. The summed E-state index contributed by atoms with van der Waals surface area (Å²) in [5.41, 5.74) is 6.61. The lowest BCUT2D eigenvalue weighted by Gasteiger charge is -2.03. The number of rotatable bonds is 3. The molecule has 6 rings (SSSR count). The molecule has 0 aliphatic heterocycles. The van der Waals surface area contributed by atoms with Crippen LogP contribution in [0.3, 0.4) is 0 Å². The molecular formula is C28H20N4+2. The van der Waals surface area contributed by atoms with Crippen LogP contribution in [0.25, 0.3) is 44.3 Å². The zero-order valence-corrected chi connectivity index (χ0v) is 17.3. The van der Waals surface area contributed by atoms with Gasteiger partial charge in [0.15, 0.2) is 24.8 Å². The average molecular weight is 412 g/mol. The van der Waals surface area contributed by atoms with Crippen LogP contribution >= 0.6 is 0 Å². The Morgan fingerprint density at radius 3 is 1.34 bits per heavy atom. The van der Waals surface area contributed by atoms with E-state index in [0.29, 0.717) is 0 Å². The summed E-state index contributed by atoms with van der Waals surface area (Å²) in [6.07, 6.45) is 12.1. The van der Waals surface area contributed by atoms with E-state index < -0.39 is 0 Å². The Hall–Kier alpha value is -4.44. The van der Waals surface area contributed by atoms with E-state index in [9.17, 15) is 0 Å². The van der Waals surface area contributed by atoms with Gasteiger partial charge in [-0.3, -0.25) is 9.97 Å². The van der Waals surface area contributed by atoms with Crippen molar-refractivity contribution >= 4 is 21.8 Å². The van der Waals surface area contributed by atoms with Crippen LogP contribution in [0.15, 0.2) is 122 Å². The van der Waals surface area contributed by atoms with Gasteiger partial charge in [-0.1, -0.05) is 12.1 Å². The first-order valence-electron chi connectivity index (χ1n) is 10.6. The normalized spacial score (nSPS) is 11.1.